The first-order valence-electron chi connectivity index (χ1n) is 9.42. The number of nitrogens with one attached hydrogen (secondary N) is 2. The summed E-state index contributed by atoms with van der Waals surface area (Å²) in [4.78, 5) is 24.5. The Kier molecular flexibility index (Phi) is 7.18. The number of nitrogens with zero attached hydrogens (tertiary/aromatic N) is 3. The van der Waals surface area contributed by atoms with E-state index in [1.54, 1.807) is 6.07 Å². The Morgan fingerprint density at radius 2 is 1.83 bits per heavy atom. The molecule has 3 aromatic rings. The smallest absolute Gasteiger partial charge is 0.251 e. The highest BCUT2D eigenvalue weighted by Crippen LogP contribution is 2.18. The first kappa shape index (κ1) is 21.5. The Balaban J connectivity index is 1.57. The van der Waals surface area contributed by atoms with E-state index in [0.717, 1.165) is 5.56 Å². The molecule has 3 rings (SSSR count). The average molecular weight is 428 g/mol. The zero-order valence-corrected chi connectivity index (χ0v) is 17.5. The lowest BCUT2D eigenvalue weighted by Crippen LogP contribution is -2.25. The fourth-order valence-electron chi connectivity index (χ4n) is 2.82. The molecule has 0 spiro atoms. The van der Waals surface area contributed by atoms with E-state index in [1.165, 1.54) is 36.0 Å². The number of carbonyl (C=O) groups is 2. The Morgan fingerprint density at radius 1 is 1.10 bits per heavy atom. The molecule has 1 heterocycles. The lowest BCUT2D eigenvalue weighted by molar-refractivity contribution is -0.113. The van der Waals surface area contributed by atoms with Crippen molar-refractivity contribution in [3.05, 3.63) is 71.3 Å². The molecule has 156 valence electrons. The van der Waals surface area contributed by atoms with Crippen LogP contribution in [0.1, 0.15) is 28.7 Å². The van der Waals surface area contributed by atoms with Gasteiger partial charge in [0.1, 0.15) is 5.82 Å². The summed E-state index contributed by atoms with van der Waals surface area (Å²) >= 11 is 1.25. The average Bonchev–Trinajstić information content (AvgIpc) is 3.14. The van der Waals surface area contributed by atoms with Crippen LogP contribution in [0.15, 0.2) is 53.7 Å². The van der Waals surface area contributed by atoms with E-state index in [0.29, 0.717) is 28.8 Å². The summed E-state index contributed by atoms with van der Waals surface area (Å²) in [6, 6.07) is 12.9. The molecule has 0 saturated heterocycles. The van der Waals surface area contributed by atoms with Crippen LogP contribution in [0.3, 0.4) is 0 Å². The predicted molar refractivity (Wildman–Crippen MR) is 114 cm³/mol. The van der Waals surface area contributed by atoms with Crippen molar-refractivity contribution in [2.24, 2.45) is 0 Å². The van der Waals surface area contributed by atoms with E-state index in [9.17, 15) is 14.0 Å². The molecule has 0 unspecified atom stereocenters. The quantitative estimate of drug-likeness (QED) is 0.538. The summed E-state index contributed by atoms with van der Waals surface area (Å²) in [5.41, 5.74) is 2.04. The molecule has 0 atom stereocenters. The first-order valence-corrected chi connectivity index (χ1v) is 10.4. The van der Waals surface area contributed by atoms with Gasteiger partial charge < -0.3 is 15.2 Å². The van der Waals surface area contributed by atoms with Crippen LogP contribution in [0.5, 0.6) is 0 Å². The van der Waals surface area contributed by atoms with Crippen molar-refractivity contribution in [3.63, 3.8) is 0 Å². The molecule has 2 N–H and O–H groups in total. The van der Waals surface area contributed by atoms with E-state index in [-0.39, 0.29) is 29.9 Å². The second kappa shape index (κ2) is 10.0. The number of amides is 2. The number of aromatic nitrogens is 3. The summed E-state index contributed by atoms with van der Waals surface area (Å²) < 4.78 is 14.8. The molecule has 2 aromatic carbocycles. The van der Waals surface area contributed by atoms with Crippen LogP contribution in [-0.2, 0) is 17.9 Å². The van der Waals surface area contributed by atoms with Crippen LogP contribution in [0.25, 0.3) is 0 Å². The van der Waals surface area contributed by atoms with Gasteiger partial charge in [-0.3, -0.25) is 9.59 Å². The number of rotatable bonds is 8. The predicted octanol–water partition coefficient (Wildman–Crippen LogP) is 3.41. The topological polar surface area (TPSA) is 88.9 Å². The number of anilines is 1. The van der Waals surface area contributed by atoms with Gasteiger partial charge in [0.15, 0.2) is 11.0 Å². The molecule has 0 aliphatic heterocycles. The molecular formula is C21H22FN5O2S. The van der Waals surface area contributed by atoms with Crippen LogP contribution in [-0.4, -0.2) is 32.3 Å². The molecular weight excluding hydrogens is 405 g/mol. The van der Waals surface area contributed by atoms with Gasteiger partial charge in [-0.1, -0.05) is 30.0 Å². The zero-order valence-electron chi connectivity index (χ0n) is 16.7. The van der Waals surface area contributed by atoms with Gasteiger partial charge in [0, 0.05) is 17.8 Å². The molecule has 7 nitrogen and oxygen atoms in total. The minimum atomic E-state index is -0.361. The Labute approximate surface area is 178 Å². The minimum absolute atomic E-state index is 0.130. The van der Waals surface area contributed by atoms with Crippen LogP contribution < -0.4 is 10.6 Å². The lowest BCUT2D eigenvalue weighted by Gasteiger charge is -2.09. The summed E-state index contributed by atoms with van der Waals surface area (Å²) in [6.07, 6.45) is 0. The van der Waals surface area contributed by atoms with Gasteiger partial charge in [-0.05, 0) is 49.7 Å². The Morgan fingerprint density at radius 3 is 2.53 bits per heavy atom. The second-order valence-corrected chi connectivity index (χ2v) is 7.43. The van der Waals surface area contributed by atoms with Gasteiger partial charge in [0.2, 0.25) is 5.91 Å². The number of benzene rings is 2. The molecule has 0 saturated carbocycles. The molecule has 9 heteroatoms. The maximum Gasteiger partial charge on any atom is 0.251 e. The summed E-state index contributed by atoms with van der Waals surface area (Å²) in [6.45, 7) is 4.66. The van der Waals surface area contributed by atoms with Gasteiger partial charge in [-0.25, -0.2) is 4.39 Å². The largest absolute Gasteiger partial charge is 0.345 e. The highest BCUT2D eigenvalue weighted by Gasteiger charge is 2.15. The zero-order chi connectivity index (χ0) is 21.5. The van der Waals surface area contributed by atoms with Crippen molar-refractivity contribution in [2.45, 2.75) is 32.1 Å². The minimum Gasteiger partial charge on any atom is -0.345 e. The summed E-state index contributed by atoms with van der Waals surface area (Å²) in [5, 5.41) is 14.5. The molecule has 30 heavy (non-hydrogen) atoms. The fraction of sp³-hybridized carbons (Fsp3) is 0.238. The highest BCUT2D eigenvalue weighted by atomic mass is 32.2. The molecule has 0 radical (unpaired) electrons. The number of thioether (sulfide) groups is 1. The number of hydrogen-bond donors (Lipinski definition) is 2. The summed E-state index contributed by atoms with van der Waals surface area (Å²) in [5.74, 6) is -0.0231. The molecule has 0 aliphatic rings. The lowest BCUT2D eigenvalue weighted by atomic mass is 10.1. The van der Waals surface area contributed by atoms with E-state index < -0.39 is 0 Å². The SMILES string of the molecule is CCn1c(CNC(=O)c2ccccc2C)nnc1SCC(=O)Nc1ccc(F)cc1. The second-order valence-electron chi connectivity index (χ2n) is 6.48. The van der Waals surface area contributed by atoms with E-state index >= 15 is 0 Å². The van der Waals surface area contributed by atoms with E-state index in [2.05, 4.69) is 20.8 Å². The maximum absolute atomic E-state index is 12.9. The highest BCUT2D eigenvalue weighted by molar-refractivity contribution is 7.99. The number of carbonyl (C=O) groups excluding carboxylic acids is 2. The molecule has 1 aromatic heterocycles. The van der Waals surface area contributed by atoms with Gasteiger partial charge in [0.05, 0.1) is 12.3 Å². The molecule has 0 bridgehead atoms. The molecule has 0 aliphatic carbocycles. The molecule has 2 amide bonds. The fourth-order valence-corrected chi connectivity index (χ4v) is 3.64. The third-order valence-corrected chi connectivity index (χ3v) is 5.33. The normalized spacial score (nSPS) is 10.6. The van der Waals surface area contributed by atoms with Gasteiger partial charge in [0.25, 0.3) is 5.91 Å². The molecule has 0 fully saturated rings. The number of halogens is 1. The van der Waals surface area contributed by atoms with Gasteiger partial charge in [-0.2, -0.15) is 0 Å². The standard InChI is InChI=1S/C21H22FN5O2S/c1-3-27-18(12-23-20(29)17-7-5-4-6-14(17)2)25-26-21(27)30-13-19(28)24-16-10-8-15(22)9-11-16/h4-11H,3,12-13H2,1-2H3,(H,23,29)(H,24,28). The van der Waals surface area contributed by atoms with Gasteiger partial charge >= 0.3 is 0 Å². The van der Waals surface area contributed by atoms with Crippen LogP contribution in [0.2, 0.25) is 0 Å². The van der Waals surface area contributed by atoms with Crippen LogP contribution in [0.4, 0.5) is 10.1 Å². The van der Waals surface area contributed by atoms with Crippen molar-refractivity contribution in [1.29, 1.82) is 0 Å². The van der Waals surface area contributed by atoms with Crippen molar-refractivity contribution in [1.82, 2.24) is 20.1 Å². The van der Waals surface area contributed by atoms with Gasteiger partial charge in [-0.15, -0.1) is 10.2 Å². The van der Waals surface area contributed by atoms with E-state index in [4.69, 9.17) is 0 Å². The number of hydrogen-bond acceptors (Lipinski definition) is 5. The van der Waals surface area contributed by atoms with Crippen LogP contribution in [0, 0.1) is 12.7 Å². The van der Waals surface area contributed by atoms with Crippen molar-refractivity contribution < 1.29 is 14.0 Å². The monoisotopic (exact) mass is 427 g/mol. The third kappa shape index (κ3) is 5.44. The van der Waals surface area contributed by atoms with Crippen molar-refractivity contribution in [2.75, 3.05) is 11.1 Å². The van der Waals surface area contributed by atoms with Crippen molar-refractivity contribution in [3.8, 4) is 0 Å². The summed E-state index contributed by atoms with van der Waals surface area (Å²) in [7, 11) is 0. The Bertz CT molecular complexity index is 1040. The third-order valence-electron chi connectivity index (χ3n) is 4.37. The first-order chi connectivity index (χ1) is 14.5. The van der Waals surface area contributed by atoms with E-state index in [1.807, 2.05) is 36.6 Å². The number of aryl methyl sites for hydroxylation is 1. The van der Waals surface area contributed by atoms with Crippen LogP contribution >= 0.6 is 11.8 Å². The van der Waals surface area contributed by atoms with Crippen molar-refractivity contribution >= 4 is 29.3 Å². The Hall–Kier alpha value is -3.20. The maximum atomic E-state index is 12.9.